The van der Waals surface area contributed by atoms with Crippen LogP contribution in [0.2, 0.25) is 0 Å². The fraction of sp³-hybridized carbons (Fsp3) is 0.600. The average Bonchev–Trinajstić information content (AvgIpc) is 1.88. The molecular weight excluding hydrogens is 136 g/mol. The molecule has 0 N–H and O–H groups in total. The van der Waals surface area contributed by atoms with Crippen LogP contribution in [0.15, 0.2) is 4.99 Å². The highest BCUT2D eigenvalue weighted by atomic mass is 32.2. The number of Topliss-reactive ketones (excluding diaryl/α,β-unsaturated/α-hetero) is 1. The highest BCUT2D eigenvalue weighted by Gasteiger charge is 2.09. The first kappa shape index (κ1) is 6.61. The van der Waals surface area contributed by atoms with Crippen molar-refractivity contribution < 1.29 is 4.79 Å². The lowest BCUT2D eigenvalue weighted by Crippen LogP contribution is -2.28. The van der Waals surface area contributed by atoms with Crippen molar-refractivity contribution in [2.75, 3.05) is 19.3 Å². The summed E-state index contributed by atoms with van der Waals surface area (Å²) in [6, 6.07) is 0. The molecule has 4 heteroatoms. The number of rotatable bonds is 1. The largest absolute Gasteiger partial charge is 0.300 e. The summed E-state index contributed by atoms with van der Waals surface area (Å²) in [5.74, 6) is 0.187. The third-order valence-corrected chi connectivity index (χ3v) is 1.74. The van der Waals surface area contributed by atoms with Gasteiger partial charge in [0.1, 0.15) is 6.54 Å². The Morgan fingerprint density at radius 2 is 2.67 bits per heavy atom. The Morgan fingerprint density at radius 3 is 3.11 bits per heavy atom. The molecular formula is C5H8N2OS. The van der Waals surface area contributed by atoms with E-state index in [0.717, 1.165) is 0 Å². The Kier molecular flexibility index (Phi) is 2.10. The summed E-state index contributed by atoms with van der Waals surface area (Å²) in [7, 11) is 0. The summed E-state index contributed by atoms with van der Waals surface area (Å²) < 4.78 is 1.81. The molecule has 0 spiro atoms. The molecule has 1 rings (SSSR count). The lowest BCUT2D eigenvalue weighted by Gasteiger charge is -2.17. The number of aliphatic imine (C=N–C) groups is 1. The molecule has 1 aliphatic heterocycles. The van der Waals surface area contributed by atoms with Crippen LogP contribution in [0.25, 0.3) is 0 Å². The number of ketones is 1. The van der Waals surface area contributed by atoms with E-state index in [0.29, 0.717) is 13.1 Å². The van der Waals surface area contributed by atoms with E-state index in [1.165, 1.54) is 11.9 Å². The molecule has 0 saturated heterocycles. The molecule has 9 heavy (non-hydrogen) atoms. The monoisotopic (exact) mass is 144 g/mol. The average molecular weight is 144 g/mol. The lowest BCUT2D eigenvalue weighted by molar-refractivity contribution is -0.117. The van der Waals surface area contributed by atoms with Crippen LogP contribution in [0, 0.1) is 0 Å². The van der Waals surface area contributed by atoms with Crippen molar-refractivity contribution in [3.8, 4) is 0 Å². The van der Waals surface area contributed by atoms with Crippen molar-refractivity contribution in [1.82, 2.24) is 4.31 Å². The molecule has 1 heterocycles. The molecule has 3 nitrogen and oxygen atoms in total. The van der Waals surface area contributed by atoms with Crippen LogP contribution in [0.1, 0.15) is 0 Å². The van der Waals surface area contributed by atoms with E-state index in [1.54, 1.807) is 6.34 Å². The summed E-state index contributed by atoms with van der Waals surface area (Å²) in [5, 5.41) is 0. The minimum atomic E-state index is 0.187. The first-order valence-corrected chi connectivity index (χ1v) is 3.83. The zero-order valence-corrected chi connectivity index (χ0v) is 6.02. The molecule has 0 aromatic heterocycles. The molecule has 0 saturated carbocycles. The van der Waals surface area contributed by atoms with E-state index in [9.17, 15) is 4.79 Å². The van der Waals surface area contributed by atoms with Gasteiger partial charge in [0.25, 0.3) is 0 Å². The normalized spacial score (nSPS) is 18.8. The van der Waals surface area contributed by atoms with Crippen molar-refractivity contribution in [2.24, 2.45) is 4.99 Å². The summed E-state index contributed by atoms with van der Waals surface area (Å²) in [6.45, 7) is 0.863. The Bertz CT molecular complexity index is 146. The van der Waals surface area contributed by atoms with Gasteiger partial charge in [0, 0.05) is 6.26 Å². The molecule has 0 aliphatic carbocycles. The van der Waals surface area contributed by atoms with E-state index < -0.39 is 0 Å². The fourth-order valence-electron chi connectivity index (χ4n) is 0.610. The van der Waals surface area contributed by atoms with Gasteiger partial charge in [-0.2, -0.15) is 0 Å². The van der Waals surface area contributed by atoms with Crippen LogP contribution in [0.3, 0.4) is 0 Å². The second-order valence-corrected chi connectivity index (χ2v) is 2.59. The minimum Gasteiger partial charge on any atom is -0.300 e. The van der Waals surface area contributed by atoms with Crippen molar-refractivity contribution in [3.63, 3.8) is 0 Å². The van der Waals surface area contributed by atoms with Crippen molar-refractivity contribution >= 4 is 24.1 Å². The second kappa shape index (κ2) is 2.87. The third kappa shape index (κ3) is 1.71. The number of hydrogen-bond donors (Lipinski definition) is 0. The van der Waals surface area contributed by atoms with Gasteiger partial charge in [0.2, 0.25) is 0 Å². The van der Waals surface area contributed by atoms with Gasteiger partial charge in [0.15, 0.2) is 5.78 Å². The molecule has 0 radical (unpaired) electrons. The molecule has 0 bridgehead atoms. The van der Waals surface area contributed by atoms with Gasteiger partial charge in [-0.15, -0.1) is 0 Å². The maximum atomic E-state index is 10.7. The Balaban J connectivity index is 2.49. The van der Waals surface area contributed by atoms with E-state index in [1.807, 2.05) is 10.6 Å². The van der Waals surface area contributed by atoms with Crippen LogP contribution in [0.5, 0.6) is 0 Å². The van der Waals surface area contributed by atoms with E-state index in [4.69, 9.17) is 0 Å². The Morgan fingerprint density at radius 1 is 1.89 bits per heavy atom. The van der Waals surface area contributed by atoms with Gasteiger partial charge in [-0.3, -0.25) is 14.1 Å². The van der Waals surface area contributed by atoms with Crippen LogP contribution in [0.4, 0.5) is 0 Å². The molecule has 0 aromatic rings. The SMILES string of the molecule is CSN1C=NCC(=O)C1. The smallest absolute Gasteiger partial charge is 0.174 e. The van der Waals surface area contributed by atoms with Crippen LogP contribution >= 0.6 is 11.9 Å². The second-order valence-electron chi connectivity index (χ2n) is 1.75. The molecule has 50 valence electrons. The maximum absolute atomic E-state index is 10.7. The Hall–Kier alpha value is -0.510. The van der Waals surface area contributed by atoms with Crippen LogP contribution in [-0.2, 0) is 4.79 Å². The number of nitrogens with zero attached hydrogens (tertiary/aromatic N) is 2. The third-order valence-electron chi connectivity index (χ3n) is 1.04. The van der Waals surface area contributed by atoms with E-state index >= 15 is 0 Å². The van der Waals surface area contributed by atoms with E-state index in [2.05, 4.69) is 4.99 Å². The number of hydrogen-bond acceptors (Lipinski definition) is 4. The van der Waals surface area contributed by atoms with E-state index in [-0.39, 0.29) is 5.78 Å². The first-order valence-electron chi connectivity index (χ1n) is 2.65. The fourth-order valence-corrected chi connectivity index (χ4v) is 1.04. The van der Waals surface area contributed by atoms with Crippen molar-refractivity contribution in [1.29, 1.82) is 0 Å². The molecule has 0 unspecified atom stereocenters. The molecule has 0 fully saturated rings. The zero-order chi connectivity index (χ0) is 6.69. The summed E-state index contributed by atoms with van der Waals surface area (Å²) in [4.78, 5) is 14.5. The minimum absolute atomic E-state index is 0.187. The van der Waals surface area contributed by atoms with Crippen molar-refractivity contribution in [3.05, 3.63) is 0 Å². The number of carbonyl (C=O) groups excluding carboxylic acids is 1. The zero-order valence-electron chi connectivity index (χ0n) is 5.20. The summed E-state index contributed by atoms with van der Waals surface area (Å²) >= 11 is 1.51. The van der Waals surface area contributed by atoms with Gasteiger partial charge in [-0.1, -0.05) is 11.9 Å². The lowest BCUT2D eigenvalue weighted by atomic mass is 10.4. The van der Waals surface area contributed by atoms with Gasteiger partial charge in [-0.05, 0) is 0 Å². The van der Waals surface area contributed by atoms with Crippen molar-refractivity contribution in [2.45, 2.75) is 0 Å². The predicted octanol–water partition coefficient (Wildman–Crippen LogP) is 0.177. The molecule has 0 atom stereocenters. The number of carbonyl (C=O) groups is 1. The first-order chi connectivity index (χ1) is 4.33. The van der Waals surface area contributed by atoms with Crippen LogP contribution < -0.4 is 0 Å². The van der Waals surface area contributed by atoms with Crippen LogP contribution in [-0.4, -0.2) is 35.8 Å². The highest BCUT2D eigenvalue weighted by Crippen LogP contribution is 2.03. The molecule has 0 amide bonds. The Labute approximate surface area is 58.3 Å². The molecule has 1 aliphatic rings. The van der Waals surface area contributed by atoms with Gasteiger partial charge in [0.05, 0.1) is 12.9 Å². The maximum Gasteiger partial charge on any atom is 0.174 e. The summed E-state index contributed by atoms with van der Waals surface area (Å²) in [5.41, 5.74) is 0. The predicted molar refractivity (Wildman–Crippen MR) is 38.6 cm³/mol. The topological polar surface area (TPSA) is 32.7 Å². The summed E-state index contributed by atoms with van der Waals surface area (Å²) in [6.07, 6.45) is 3.62. The van der Waals surface area contributed by atoms with Gasteiger partial charge >= 0.3 is 0 Å². The van der Waals surface area contributed by atoms with Gasteiger partial charge < -0.3 is 0 Å². The highest BCUT2D eigenvalue weighted by molar-refractivity contribution is 7.96. The molecule has 0 aromatic carbocycles. The standard InChI is InChI=1S/C5H8N2OS/c1-9-7-3-5(8)2-6-4-7/h4H,2-3H2,1H3. The quantitative estimate of drug-likeness (QED) is 0.492. The van der Waals surface area contributed by atoms with Gasteiger partial charge in [-0.25, -0.2) is 0 Å².